The van der Waals surface area contributed by atoms with Gasteiger partial charge in [-0.2, -0.15) is 0 Å². The first-order valence-corrected chi connectivity index (χ1v) is 6.69. The zero-order valence-electron chi connectivity index (χ0n) is 10.3. The number of halogens is 2. The molecule has 0 fully saturated rings. The predicted molar refractivity (Wildman–Crippen MR) is 75.4 cm³/mol. The van der Waals surface area contributed by atoms with E-state index in [1.54, 1.807) is 6.20 Å². The number of hydrogen-bond donors (Lipinski definition) is 1. The molecule has 0 amide bonds. The second-order valence-corrected chi connectivity index (χ2v) is 4.95. The van der Waals surface area contributed by atoms with Gasteiger partial charge in [0, 0.05) is 16.2 Å². The molecule has 0 aliphatic carbocycles. The number of aromatic nitrogens is 1. The summed E-state index contributed by atoms with van der Waals surface area (Å²) in [5, 5.41) is 0. The van der Waals surface area contributed by atoms with Crippen molar-refractivity contribution < 1.29 is 9.13 Å². The largest absolute Gasteiger partial charge is 0.489 e. The Labute approximate surface area is 119 Å². The van der Waals surface area contributed by atoms with Crippen LogP contribution in [-0.2, 0) is 13.0 Å². The number of pyridine rings is 1. The SMILES string of the molecule is NCCc1cc(OCc2cncc(F)c2)ccc1Br. The Morgan fingerprint density at radius 2 is 2.11 bits per heavy atom. The highest BCUT2D eigenvalue weighted by Gasteiger charge is 2.03. The van der Waals surface area contributed by atoms with Crippen LogP contribution >= 0.6 is 15.9 Å². The van der Waals surface area contributed by atoms with E-state index < -0.39 is 0 Å². The van der Waals surface area contributed by atoms with Gasteiger partial charge in [0.1, 0.15) is 18.2 Å². The van der Waals surface area contributed by atoms with Gasteiger partial charge in [0.2, 0.25) is 0 Å². The summed E-state index contributed by atoms with van der Waals surface area (Å²) < 4.78 is 19.6. The fraction of sp³-hybridized carbons (Fsp3) is 0.214. The van der Waals surface area contributed by atoms with Gasteiger partial charge in [-0.05, 0) is 42.8 Å². The average molecular weight is 325 g/mol. The van der Waals surface area contributed by atoms with E-state index in [-0.39, 0.29) is 12.4 Å². The van der Waals surface area contributed by atoms with Crippen molar-refractivity contribution in [2.75, 3.05) is 6.54 Å². The summed E-state index contributed by atoms with van der Waals surface area (Å²) >= 11 is 3.47. The summed E-state index contributed by atoms with van der Waals surface area (Å²) in [7, 11) is 0. The monoisotopic (exact) mass is 324 g/mol. The van der Waals surface area contributed by atoms with E-state index in [4.69, 9.17) is 10.5 Å². The maximum absolute atomic E-state index is 13.0. The average Bonchev–Trinajstić information content (AvgIpc) is 2.40. The summed E-state index contributed by atoms with van der Waals surface area (Å²) in [6.45, 7) is 0.865. The highest BCUT2D eigenvalue weighted by atomic mass is 79.9. The zero-order valence-corrected chi connectivity index (χ0v) is 11.9. The minimum absolute atomic E-state index is 0.286. The number of rotatable bonds is 5. The van der Waals surface area contributed by atoms with Crippen LogP contribution < -0.4 is 10.5 Å². The highest BCUT2D eigenvalue weighted by Crippen LogP contribution is 2.23. The zero-order chi connectivity index (χ0) is 13.7. The fourth-order valence-corrected chi connectivity index (χ4v) is 2.13. The normalized spacial score (nSPS) is 10.5. The maximum atomic E-state index is 13.0. The quantitative estimate of drug-likeness (QED) is 0.919. The Kier molecular flexibility index (Phi) is 4.87. The number of nitrogens with zero attached hydrogens (tertiary/aromatic N) is 1. The molecule has 2 aromatic rings. The Morgan fingerprint density at radius 1 is 1.26 bits per heavy atom. The molecule has 100 valence electrons. The van der Waals surface area contributed by atoms with Crippen molar-refractivity contribution >= 4 is 15.9 Å². The molecule has 0 aliphatic heterocycles. The van der Waals surface area contributed by atoms with Crippen LogP contribution in [0.25, 0.3) is 0 Å². The molecule has 5 heteroatoms. The smallest absolute Gasteiger partial charge is 0.141 e. The number of ether oxygens (including phenoxy) is 1. The Hall–Kier alpha value is -1.46. The minimum Gasteiger partial charge on any atom is -0.489 e. The molecule has 1 aromatic carbocycles. The van der Waals surface area contributed by atoms with Crippen LogP contribution in [0.15, 0.2) is 41.1 Å². The molecule has 0 saturated heterocycles. The van der Waals surface area contributed by atoms with Crippen molar-refractivity contribution in [3.63, 3.8) is 0 Å². The molecule has 0 radical (unpaired) electrons. The van der Waals surface area contributed by atoms with Crippen molar-refractivity contribution in [1.82, 2.24) is 4.98 Å². The van der Waals surface area contributed by atoms with E-state index in [0.717, 1.165) is 22.2 Å². The fourth-order valence-electron chi connectivity index (χ4n) is 1.69. The minimum atomic E-state index is -0.360. The first kappa shape index (κ1) is 14.0. The van der Waals surface area contributed by atoms with Crippen LogP contribution in [-0.4, -0.2) is 11.5 Å². The Balaban J connectivity index is 2.05. The van der Waals surface area contributed by atoms with Crippen LogP contribution in [0.5, 0.6) is 5.75 Å². The molecule has 1 aromatic heterocycles. The van der Waals surface area contributed by atoms with Crippen molar-refractivity contribution in [2.24, 2.45) is 5.73 Å². The van der Waals surface area contributed by atoms with E-state index in [0.29, 0.717) is 12.1 Å². The van der Waals surface area contributed by atoms with Gasteiger partial charge in [-0.1, -0.05) is 15.9 Å². The third-order valence-electron chi connectivity index (χ3n) is 2.60. The summed E-state index contributed by atoms with van der Waals surface area (Å²) in [5.74, 6) is 0.372. The number of nitrogens with two attached hydrogens (primary N) is 1. The molecule has 0 unspecified atom stereocenters. The molecule has 0 spiro atoms. The van der Waals surface area contributed by atoms with E-state index in [1.165, 1.54) is 12.3 Å². The maximum Gasteiger partial charge on any atom is 0.141 e. The topological polar surface area (TPSA) is 48.1 Å². The third-order valence-corrected chi connectivity index (χ3v) is 3.37. The van der Waals surface area contributed by atoms with Gasteiger partial charge in [0.25, 0.3) is 0 Å². The lowest BCUT2D eigenvalue weighted by Crippen LogP contribution is -2.04. The summed E-state index contributed by atoms with van der Waals surface area (Å²) in [5.41, 5.74) is 7.34. The second-order valence-electron chi connectivity index (χ2n) is 4.09. The number of benzene rings is 1. The van der Waals surface area contributed by atoms with Crippen molar-refractivity contribution in [3.05, 3.63) is 58.1 Å². The Bertz CT molecular complexity index is 563. The second kappa shape index (κ2) is 6.63. The molecule has 2 N–H and O–H groups in total. The first-order valence-electron chi connectivity index (χ1n) is 5.90. The van der Waals surface area contributed by atoms with E-state index in [1.807, 2.05) is 18.2 Å². The lowest BCUT2D eigenvalue weighted by Gasteiger charge is -2.09. The molecular formula is C14H14BrFN2O. The lowest BCUT2D eigenvalue weighted by atomic mass is 10.1. The van der Waals surface area contributed by atoms with Crippen molar-refractivity contribution in [2.45, 2.75) is 13.0 Å². The van der Waals surface area contributed by atoms with E-state index in [9.17, 15) is 4.39 Å². The molecule has 0 aliphatic rings. The van der Waals surface area contributed by atoms with E-state index in [2.05, 4.69) is 20.9 Å². The van der Waals surface area contributed by atoms with Gasteiger partial charge < -0.3 is 10.5 Å². The lowest BCUT2D eigenvalue weighted by molar-refractivity contribution is 0.304. The van der Waals surface area contributed by atoms with Gasteiger partial charge in [-0.3, -0.25) is 4.98 Å². The highest BCUT2D eigenvalue weighted by molar-refractivity contribution is 9.10. The van der Waals surface area contributed by atoms with Crippen LogP contribution in [0.2, 0.25) is 0 Å². The number of hydrogen-bond acceptors (Lipinski definition) is 3. The molecule has 2 rings (SSSR count). The standard InChI is InChI=1S/C14H14BrFN2O/c15-14-2-1-13(6-11(14)3-4-17)19-9-10-5-12(16)8-18-7-10/h1-2,5-8H,3-4,9,17H2. The van der Waals surface area contributed by atoms with Crippen LogP contribution in [0.1, 0.15) is 11.1 Å². The molecule has 0 saturated carbocycles. The van der Waals surface area contributed by atoms with E-state index >= 15 is 0 Å². The van der Waals surface area contributed by atoms with Crippen molar-refractivity contribution in [3.8, 4) is 5.75 Å². The molecule has 3 nitrogen and oxygen atoms in total. The van der Waals surface area contributed by atoms with Crippen molar-refractivity contribution in [1.29, 1.82) is 0 Å². The predicted octanol–water partition coefficient (Wildman–Crippen LogP) is 3.06. The molecule has 1 heterocycles. The van der Waals surface area contributed by atoms with Gasteiger partial charge in [0.15, 0.2) is 0 Å². The molecule has 19 heavy (non-hydrogen) atoms. The summed E-state index contributed by atoms with van der Waals surface area (Å²) in [4.78, 5) is 3.78. The van der Waals surface area contributed by atoms with Gasteiger partial charge >= 0.3 is 0 Å². The van der Waals surface area contributed by atoms with Gasteiger partial charge in [-0.15, -0.1) is 0 Å². The van der Waals surface area contributed by atoms with Crippen LogP contribution in [0, 0.1) is 5.82 Å². The van der Waals surface area contributed by atoms with Crippen LogP contribution in [0.4, 0.5) is 4.39 Å². The molecule has 0 atom stereocenters. The van der Waals surface area contributed by atoms with Gasteiger partial charge in [0.05, 0.1) is 6.20 Å². The third kappa shape index (κ3) is 4.01. The molecular weight excluding hydrogens is 311 g/mol. The first-order chi connectivity index (χ1) is 9.19. The summed E-state index contributed by atoms with van der Waals surface area (Å²) in [6.07, 6.45) is 3.53. The van der Waals surface area contributed by atoms with Gasteiger partial charge in [-0.25, -0.2) is 4.39 Å². The van der Waals surface area contributed by atoms with Crippen LogP contribution in [0.3, 0.4) is 0 Å². The molecule has 0 bridgehead atoms. The Morgan fingerprint density at radius 3 is 2.84 bits per heavy atom. The summed E-state index contributed by atoms with van der Waals surface area (Å²) in [6, 6.07) is 7.12.